The molecule has 0 saturated carbocycles. The molecule has 0 radical (unpaired) electrons. The van der Waals surface area contributed by atoms with Crippen molar-refractivity contribution in [3.8, 4) is 11.3 Å². The highest BCUT2D eigenvalue weighted by atomic mass is 19.1. The lowest BCUT2D eigenvalue weighted by Gasteiger charge is -2.41. The number of halogens is 2. The monoisotopic (exact) mass is 564 g/mol. The van der Waals surface area contributed by atoms with Crippen molar-refractivity contribution in [2.24, 2.45) is 0 Å². The van der Waals surface area contributed by atoms with Crippen molar-refractivity contribution in [1.29, 1.82) is 0 Å². The highest BCUT2D eigenvalue weighted by molar-refractivity contribution is 5.83. The van der Waals surface area contributed by atoms with Crippen LogP contribution in [0.15, 0.2) is 36.7 Å². The van der Waals surface area contributed by atoms with Crippen molar-refractivity contribution >= 4 is 22.8 Å². The molecule has 0 aliphatic carbocycles. The van der Waals surface area contributed by atoms with Gasteiger partial charge in [0.25, 0.3) is 0 Å². The Kier molecular flexibility index (Phi) is 8.30. The van der Waals surface area contributed by atoms with Crippen LogP contribution in [0.2, 0.25) is 0 Å². The number of imidazole rings is 1. The predicted octanol–water partition coefficient (Wildman–Crippen LogP) is 5.34. The van der Waals surface area contributed by atoms with E-state index in [-0.39, 0.29) is 28.8 Å². The number of morpholine rings is 1. The molecule has 4 aromatic rings. The fraction of sp³-hybridized carbons (Fsp3) is 0.467. The highest BCUT2D eigenvalue weighted by Crippen LogP contribution is 2.30. The molecule has 41 heavy (non-hydrogen) atoms. The van der Waals surface area contributed by atoms with Gasteiger partial charge in [-0.2, -0.15) is 0 Å². The van der Waals surface area contributed by atoms with E-state index in [0.29, 0.717) is 29.3 Å². The van der Waals surface area contributed by atoms with Gasteiger partial charge in [-0.1, -0.05) is 6.07 Å². The van der Waals surface area contributed by atoms with E-state index in [1.54, 1.807) is 6.07 Å². The molecule has 1 fully saturated rings. The molecular formula is C30H38F2N8O. The number of anilines is 2. The zero-order chi connectivity index (χ0) is 29.3. The molecule has 1 aromatic carbocycles. The van der Waals surface area contributed by atoms with Crippen LogP contribution in [0.3, 0.4) is 0 Å². The lowest BCUT2D eigenvalue weighted by molar-refractivity contribution is -0.106. The summed E-state index contributed by atoms with van der Waals surface area (Å²) in [5.41, 5.74) is 2.07. The van der Waals surface area contributed by atoms with Crippen LogP contribution in [0.4, 0.5) is 20.5 Å². The molecule has 218 valence electrons. The summed E-state index contributed by atoms with van der Waals surface area (Å²) < 4.78 is 37.9. The van der Waals surface area contributed by atoms with Crippen molar-refractivity contribution in [3.05, 3.63) is 59.7 Å². The topological polar surface area (TPSA) is 84.2 Å². The van der Waals surface area contributed by atoms with E-state index in [1.807, 2.05) is 43.7 Å². The van der Waals surface area contributed by atoms with Gasteiger partial charge >= 0.3 is 0 Å². The molecular weight excluding hydrogens is 526 g/mol. The molecule has 1 atom stereocenters. The Morgan fingerprint density at radius 3 is 2.61 bits per heavy atom. The molecule has 3 aromatic heterocycles. The van der Waals surface area contributed by atoms with Gasteiger partial charge < -0.3 is 19.5 Å². The van der Waals surface area contributed by atoms with Crippen LogP contribution in [0, 0.1) is 18.6 Å². The van der Waals surface area contributed by atoms with E-state index in [1.165, 1.54) is 6.07 Å². The summed E-state index contributed by atoms with van der Waals surface area (Å²) in [7, 11) is 4.15. The fourth-order valence-electron chi connectivity index (χ4n) is 5.42. The summed E-state index contributed by atoms with van der Waals surface area (Å²) in [4.78, 5) is 21.9. The zero-order valence-electron chi connectivity index (χ0n) is 24.6. The number of hydrogen-bond acceptors (Lipinski definition) is 8. The summed E-state index contributed by atoms with van der Waals surface area (Å²) in [6, 6.07) is 6.90. The van der Waals surface area contributed by atoms with Crippen molar-refractivity contribution in [2.45, 2.75) is 52.3 Å². The molecule has 0 bridgehead atoms. The number of aromatic nitrogens is 5. The Balaban J connectivity index is 1.30. The summed E-state index contributed by atoms with van der Waals surface area (Å²) in [6.45, 7) is 12.2. The molecule has 0 spiro atoms. The second-order valence-corrected chi connectivity index (χ2v) is 11.6. The summed E-state index contributed by atoms with van der Waals surface area (Å²) in [5.74, 6) is 0.217. The highest BCUT2D eigenvalue weighted by Gasteiger charge is 2.31. The molecule has 0 amide bonds. The summed E-state index contributed by atoms with van der Waals surface area (Å²) >= 11 is 0. The largest absolute Gasteiger partial charge is 0.373 e. The molecule has 11 heteroatoms. The van der Waals surface area contributed by atoms with Crippen molar-refractivity contribution in [2.75, 3.05) is 45.7 Å². The Morgan fingerprint density at radius 2 is 1.90 bits per heavy atom. The number of aryl methyl sites for hydroxylation is 1. The van der Waals surface area contributed by atoms with Crippen LogP contribution in [-0.2, 0) is 11.3 Å². The second kappa shape index (κ2) is 11.8. The normalized spacial score (nSPS) is 18.1. The van der Waals surface area contributed by atoms with Gasteiger partial charge in [-0.05, 0) is 72.0 Å². The maximum absolute atomic E-state index is 15.0. The van der Waals surface area contributed by atoms with Crippen LogP contribution >= 0.6 is 0 Å². The van der Waals surface area contributed by atoms with E-state index in [2.05, 4.69) is 56.1 Å². The lowest BCUT2D eigenvalue weighted by atomic mass is 9.99. The SMILES string of the molecule is Cc1nc2c(F)cc(-c3nc(Nc4ccc(CN5CCO[C@@](C)(CCN(C)C)C5)cn4)ncc3F)cc2n1C(C)C. The summed E-state index contributed by atoms with van der Waals surface area (Å²) in [5, 5.41) is 3.05. The predicted molar refractivity (Wildman–Crippen MR) is 156 cm³/mol. The number of fused-ring (bicyclic) bond motifs is 1. The van der Waals surface area contributed by atoms with Gasteiger partial charge in [0.1, 0.15) is 22.9 Å². The van der Waals surface area contributed by atoms with Gasteiger partial charge in [0.2, 0.25) is 5.95 Å². The first-order valence-electron chi connectivity index (χ1n) is 14.0. The van der Waals surface area contributed by atoms with Gasteiger partial charge in [0, 0.05) is 44.0 Å². The van der Waals surface area contributed by atoms with Gasteiger partial charge in [-0.25, -0.2) is 28.7 Å². The van der Waals surface area contributed by atoms with Crippen LogP contribution in [0.5, 0.6) is 0 Å². The third-order valence-corrected chi connectivity index (χ3v) is 7.43. The number of nitrogens with zero attached hydrogens (tertiary/aromatic N) is 7. The zero-order valence-corrected chi connectivity index (χ0v) is 24.6. The molecule has 1 aliphatic heterocycles. The molecule has 1 aliphatic rings. The Bertz CT molecular complexity index is 1520. The first-order valence-corrected chi connectivity index (χ1v) is 14.0. The van der Waals surface area contributed by atoms with E-state index in [9.17, 15) is 4.39 Å². The lowest BCUT2D eigenvalue weighted by Crippen LogP contribution is -2.50. The smallest absolute Gasteiger partial charge is 0.229 e. The maximum atomic E-state index is 15.0. The van der Waals surface area contributed by atoms with Crippen LogP contribution in [-0.4, -0.2) is 80.2 Å². The number of nitrogens with one attached hydrogen (secondary N) is 1. The number of ether oxygens (including phenoxy) is 1. The van der Waals surface area contributed by atoms with Gasteiger partial charge in [0.05, 0.1) is 23.9 Å². The third-order valence-electron chi connectivity index (χ3n) is 7.43. The fourth-order valence-corrected chi connectivity index (χ4v) is 5.42. The minimum atomic E-state index is -0.645. The van der Waals surface area contributed by atoms with E-state index < -0.39 is 11.6 Å². The molecule has 9 nitrogen and oxygen atoms in total. The van der Waals surface area contributed by atoms with Gasteiger partial charge in [-0.15, -0.1) is 0 Å². The van der Waals surface area contributed by atoms with Crippen LogP contribution in [0.25, 0.3) is 22.3 Å². The quantitative estimate of drug-likeness (QED) is 0.292. The molecule has 1 N–H and O–H groups in total. The maximum Gasteiger partial charge on any atom is 0.229 e. The van der Waals surface area contributed by atoms with Crippen molar-refractivity contribution < 1.29 is 13.5 Å². The third kappa shape index (κ3) is 6.52. The average molecular weight is 565 g/mol. The number of rotatable bonds is 9. The minimum absolute atomic E-state index is 0.00119. The van der Waals surface area contributed by atoms with Crippen LogP contribution < -0.4 is 5.32 Å². The Labute approximate surface area is 239 Å². The second-order valence-electron chi connectivity index (χ2n) is 11.6. The van der Waals surface area contributed by atoms with Crippen molar-refractivity contribution in [1.82, 2.24) is 34.3 Å². The first kappa shape index (κ1) is 29.0. The Morgan fingerprint density at radius 1 is 1.10 bits per heavy atom. The average Bonchev–Trinajstić information content (AvgIpc) is 3.26. The van der Waals surface area contributed by atoms with E-state index in [0.717, 1.165) is 44.4 Å². The van der Waals surface area contributed by atoms with Gasteiger partial charge in [-0.3, -0.25) is 4.90 Å². The summed E-state index contributed by atoms with van der Waals surface area (Å²) in [6.07, 6.45) is 3.87. The van der Waals surface area contributed by atoms with E-state index in [4.69, 9.17) is 4.74 Å². The standard InChI is InChI=1S/C30H38F2N8O/c1-19(2)40-20(3)35-28-23(31)13-22(14-25(28)40)27-24(32)16-34-29(37-27)36-26-8-7-21(15-33-26)17-39-11-12-41-30(4,18-39)9-10-38(5)6/h7-8,13-16,19H,9-12,17-18H2,1-6H3,(H,33,34,36,37)/t30-/m0/s1. The number of pyridine rings is 1. The molecule has 0 unspecified atom stereocenters. The van der Waals surface area contributed by atoms with E-state index >= 15 is 4.39 Å². The molecule has 5 rings (SSSR count). The number of hydrogen-bond donors (Lipinski definition) is 1. The Hall–Kier alpha value is -3.54. The molecule has 1 saturated heterocycles. The first-order chi connectivity index (χ1) is 19.5. The van der Waals surface area contributed by atoms with Crippen molar-refractivity contribution in [3.63, 3.8) is 0 Å². The van der Waals surface area contributed by atoms with Gasteiger partial charge in [0.15, 0.2) is 11.6 Å². The van der Waals surface area contributed by atoms with Crippen LogP contribution in [0.1, 0.15) is 44.6 Å². The molecule has 4 heterocycles. The minimum Gasteiger partial charge on any atom is -0.373 e. The number of benzene rings is 1.